The molecular formula is C6H12O6Ti. The number of carbonyl (C=O) groups is 2. The molecule has 0 rings (SSSR count). The molecule has 0 aliphatic heterocycles. The van der Waals surface area contributed by atoms with E-state index in [4.69, 9.17) is 20.4 Å². The summed E-state index contributed by atoms with van der Waals surface area (Å²) in [5.74, 6) is -2.37. The van der Waals surface area contributed by atoms with Gasteiger partial charge in [0.25, 0.3) is 0 Å². The van der Waals surface area contributed by atoms with Crippen LogP contribution in [0.15, 0.2) is 0 Å². The van der Waals surface area contributed by atoms with Crippen molar-refractivity contribution in [3.05, 3.63) is 0 Å². The fourth-order valence-corrected chi connectivity index (χ4v) is 0. The second-order valence-electron chi connectivity index (χ2n) is 2.03. The summed E-state index contributed by atoms with van der Waals surface area (Å²) in [4.78, 5) is 18.9. The summed E-state index contributed by atoms with van der Waals surface area (Å²) >= 11 is 0. The van der Waals surface area contributed by atoms with Gasteiger partial charge in [-0.3, -0.25) is 0 Å². The van der Waals surface area contributed by atoms with Crippen LogP contribution in [0.3, 0.4) is 0 Å². The molecule has 0 aromatic rings. The first-order valence-electron chi connectivity index (χ1n) is 3.10. The maximum atomic E-state index is 9.45. The molecule has 76 valence electrons. The summed E-state index contributed by atoms with van der Waals surface area (Å²) in [6.45, 7) is 2.39. The number of hydrogen-bond donors (Lipinski definition) is 4. The Kier molecular flexibility index (Phi) is 13.7. The largest absolute Gasteiger partial charge is 0.479 e. The molecule has 0 saturated carbocycles. The van der Waals surface area contributed by atoms with Crippen molar-refractivity contribution in [3.8, 4) is 0 Å². The third-order valence-electron chi connectivity index (χ3n) is 0.715. The van der Waals surface area contributed by atoms with Gasteiger partial charge in [0.2, 0.25) is 0 Å². The van der Waals surface area contributed by atoms with Crippen LogP contribution in [0.25, 0.3) is 0 Å². The number of hydrogen-bond acceptors (Lipinski definition) is 4. The minimum atomic E-state index is -1.23. The summed E-state index contributed by atoms with van der Waals surface area (Å²) in [5, 5.41) is 31.5. The van der Waals surface area contributed by atoms with Crippen LogP contribution in [-0.4, -0.2) is 44.6 Å². The molecule has 6 nitrogen and oxygen atoms in total. The van der Waals surface area contributed by atoms with Gasteiger partial charge in [-0.15, -0.1) is 0 Å². The van der Waals surface area contributed by atoms with Gasteiger partial charge in [-0.25, -0.2) is 9.59 Å². The van der Waals surface area contributed by atoms with Crippen LogP contribution in [0.5, 0.6) is 0 Å². The Bertz CT molecular complexity index is 137. The van der Waals surface area contributed by atoms with Gasteiger partial charge in [0.1, 0.15) is 12.2 Å². The monoisotopic (exact) mass is 228 g/mol. The Morgan fingerprint density at radius 2 is 1.00 bits per heavy atom. The van der Waals surface area contributed by atoms with Crippen LogP contribution in [0, 0.1) is 0 Å². The maximum Gasteiger partial charge on any atom is 0.332 e. The molecule has 0 bridgehead atoms. The number of aliphatic hydroxyl groups excluding tert-OH is 2. The standard InChI is InChI=1S/2C3H6O3.Ti/c2*1-2(4)3(5)6;/h2*2,4H,1H3,(H,5,6);. The van der Waals surface area contributed by atoms with Crippen LogP contribution in [0.1, 0.15) is 13.8 Å². The topological polar surface area (TPSA) is 115 Å². The van der Waals surface area contributed by atoms with E-state index < -0.39 is 24.1 Å². The average molecular weight is 228 g/mol. The van der Waals surface area contributed by atoms with Gasteiger partial charge in [0, 0.05) is 21.7 Å². The Labute approximate surface area is 90.1 Å². The van der Waals surface area contributed by atoms with E-state index in [1.807, 2.05) is 0 Å². The quantitative estimate of drug-likeness (QED) is 0.446. The van der Waals surface area contributed by atoms with E-state index in [9.17, 15) is 9.59 Å². The van der Waals surface area contributed by atoms with Gasteiger partial charge in [-0.05, 0) is 13.8 Å². The zero-order chi connectivity index (χ0) is 10.3. The molecule has 0 amide bonds. The second kappa shape index (κ2) is 9.66. The first kappa shape index (κ1) is 18.4. The summed E-state index contributed by atoms with van der Waals surface area (Å²) in [5.41, 5.74) is 0. The molecule has 0 radical (unpaired) electrons. The molecule has 4 N–H and O–H groups in total. The van der Waals surface area contributed by atoms with Gasteiger partial charge < -0.3 is 20.4 Å². The van der Waals surface area contributed by atoms with Crippen molar-refractivity contribution in [3.63, 3.8) is 0 Å². The maximum absolute atomic E-state index is 9.45. The zero-order valence-electron chi connectivity index (χ0n) is 7.26. The molecule has 13 heavy (non-hydrogen) atoms. The van der Waals surface area contributed by atoms with E-state index in [0.717, 1.165) is 0 Å². The van der Waals surface area contributed by atoms with Gasteiger partial charge in [0.05, 0.1) is 0 Å². The average Bonchev–Trinajstić information content (AvgIpc) is 1.88. The molecule has 0 heterocycles. The molecule has 2 atom stereocenters. The smallest absolute Gasteiger partial charge is 0.332 e. The fourth-order valence-electron chi connectivity index (χ4n) is 0. The van der Waals surface area contributed by atoms with Crippen molar-refractivity contribution in [2.75, 3.05) is 0 Å². The molecule has 0 aliphatic carbocycles. The zero-order valence-corrected chi connectivity index (χ0v) is 8.82. The molecule has 0 aromatic heterocycles. The SMILES string of the molecule is CC(O)C(=O)O.CC(O)C(=O)O.[Ti]. The van der Waals surface area contributed by atoms with Crippen molar-refractivity contribution < 1.29 is 51.7 Å². The van der Waals surface area contributed by atoms with Crippen molar-refractivity contribution >= 4 is 11.9 Å². The predicted octanol–water partition coefficient (Wildman–Crippen LogP) is -1.10. The van der Waals surface area contributed by atoms with E-state index in [-0.39, 0.29) is 21.7 Å². The molecule has 0 aromatic carbocycles. The molecule has 0 saturated heterocycles. The van der Waals surface area contributed by atoms with Crippen LogP contribution in [-0.2, 0) is 31.3 Å². The molecule has 0 spiro atoms. The van der Waals surface area contributed by atoms with E-state index in [1.165, 1.54) is 13.8 Å². The van der Waals surface area contributed by atoms with Crippen LogP contribution in [0.2, 0.25) is 0 Å². The Morgan fingerprint density at radius 3 is 1.00 bits per heavy atom. The normalized spacial score (nSPS) is 12.6. The Morgan fingerprint density at radius 1 is 0.923 bits per heavy atom. The van der Waals surface area contributed by atoms with Crippen molar-refractivity contribution in [2.45, 2.75) is 26.1 Å². The third kappa shape index (κ3) is 18.5. The number of rotatable bonds is 2. The molecule has 2 unspecified atom stereocenters. The minimum Gasteiger partial charge on any atom is -0.479 e. The summed E-state index contributed by atoms with van der Waals surface area (Å²) in [6.07, 6.45) is -2.46. The van der Waals surface area contributed by atoms with Crippen molar-refractivity contribution in [2.24, 2.45) is 0 Å². The van der Waals surface area contributed by atoms with Crippen LogP contribution >= 0.6 is 0 Å². The molecular weight excluding hydrogens is 216 g/mol. The number of aliphatic carboxylic acids is 2. The molecule has 0 aliphatic rings. The predicted molar refractivity (Wildman–Crippen MR) is 38.6 cm³/mol. The summed E-state index contributed by atoms with van der Waals surface area (Å²) in [6, 6.07) is 0. The molecule has 7 heteroatoms. The van der Waals surface area contributed by atoms with E-state index in [0.29, 0.717) is 0 Å². The van der Waals surface area contributed by atoms with Gasteiger partial charge in [-0.2, -0.15) is 0 Å². The Balaban J connectivity index is -0.000000143. The van der Waals surface area contributed by atoms with Gasteiger partial charge >= 0.3 is 11.9 Å². The Hall–Kier alpha value is -0.426. The van der Waals surface area contributed by atoms with Crippen LogP contribution < -0.4 is 0 Å². The summed E-state index contributed by atoms with van der Waals surface area (Å²) in [7, 11) is 0. The van der Waals surface area contributed by atoms with Crippen molar-refractivity contribution in [1.29, 1.82) is 0 Å². The van der Waals surface area contributed by atoms with Gasteiger partial charge in [-0.1, -0.05) is 0 Å². The van der Waals surface area contributed by atoms with Crippen molar-refractivity contribution in [1.82, 2.24) is 0 Å². The second-order valence-corrected chi connectivity index (χ2v) is 2.03. The van der Waals surface area contributed by atoms with E-state index in [1.54, 1.807) is 0 Å². The minimum absolute atomic E-state index is 0. The first-order chi connectivity index (χ1) is 5.29. The third-order valence-corrected chi connectivity index (χ3v) is 0.715. The van der Waals surface area contributed by atoms with E-state index in [2.05, 4.69) is 0 Å². The first-order valence-corrected chi connectivity index (χ1v) is 3.10. The number of aliphatic hydroxyl groups is 2. The number of carboxylic acids is 2. The van der Waals surface area contributed by atoms with Crippen LogP contribution in [0.4, 0.5) is 0 Å². The van der Waals surface area contributed by atoms with E-state index >= 15 is 0 Å². The molecule has 0 fully saturated rings. The fraction of sp³-hybridized carbons (Fsp3) is 0.667. The number of carboxylic acid groups (broad SMARTS) is 2. The van der Waals surface area contributed by atoms with Gasteiger partial charge in [0.15, 0.2) is 0 Å². The summed E-state index contributed by atoms with van der Waals surface area (Å²) < 4.78 is 0.